The van der Waals surface area contributed by atoms with E-state index in [-0.39, 0.29) is 5.91 Å². The van der Waals surface area contributed by atoms with Crippen LogP contribution in [0.15, 0.2) is 30.3 Å². The molecule has 1 aromatic carbocycles. The minimum atomic E-state index is -0.0113. The summed E-state index contributed by atoms with van der Waals surface area (Å²) in [4.78, 5) is 14.1. The van der Waals surface area contributed by atoms with Crippen LogP contribution < -0.4 is 5.32 Å². The summed E-state index contributed by atoms with van der Waals surface area (Å²) >= 11 is 7.39. The van der Waals surface area contributed by atoms with Crippen molar-refractivity contribution in [2.24, 2.45) is 0 Å². The van der Waals surface area contributed by atoms with E-state index in [4.69, 9.17) is 11.6 Å². The van der Waals surface area contributed by atoms with E-state index in [1.165, 1.54) is 10.4 Å². The van der Waals surface area contributed by atoms with Gasteiger partial charge in [-0.2, -0.15) is 0 Å². The van der Waals surface area contributed by atoms with Crippen molar-refractivity contribution in [3.8, 4) is 0 Å². The standard InChI is InChI=1S/C15H16ClNOS/c1-3-13-10(2)8-14(19-13)15(18)17-9-11-4-6-12(16)7-5-11/h4-8H,3,9H2,1-2H3,(H,17,18). The molecule has 0 bridgehead atoms. The number of hydrogen-bond donors (Lipinski definition) is 1. The molecule has 1 amide bonds. The third-order valence-electron chi connectivity index (χ3n) is 2.93. The van der Waals surface area contributed by atoms with E-state index in [2.05, 4.69) is 12.2 Å². The number of carbonyl (C=O) groups excluding carboxylic acids is 1. The van der Waals surface area contributed by atoms with Crippen LogP contribution >= 0.6 is 22.9 Å². The number of benzene rings is 1. The lowest BCUT2D eigenvalue weighted by molar-refractivity contribution is 0.0955. The maximum Gasteiger partial charge on any atom is 0.261 e. The summed E-state index contributed by atoms with van der Waals surface area (Å²) < 4.78 is 0. The molecule has 1 aromatic heterocycles. The fourth-order valence-electron chi connectivity index (χ4n) is 1.85. The molecule has 1 heterocycles. The van der Waals surface area contributed by atoms with Gasteiger partial charge in [0.25, 0.3) is 5.91 Å². The van der Waals surface area contributed by atoms with Crippen LogP contribution in [0.5, 0.6) is 0 Å². The first-order valence-corrected chi connectivity index (χ1v) is 7.41. The van der Waals surface area contributed by atoms with Crippen molar-refractivity contribution >= 4 is 28.8 Å². The Bertz CT molecular complexity index is 574. The summed E-state index contributed by atoms with van der Waals surface area (Å²) in [5.74, 6) is -0.0113. The van der Waals surface area contributed by atoms with Crippen LogP contribution in [0.3, 0.4) is 0 Å². The average molecular weight is 294 g/mol. The highest BCUT2D eigenvalue weighted by atomic mass is 35.5. The Hall–Kier alpha value is -1.32. The SMILES string of the molecule is CCc1sc(C(=O)NCc2ccc(Cl)cc2)cc1C. The molecule has 0 aliphatic carbocycles. The van der Waals surface area contributed by atoms with Gasteiger partial charge < -0.3 is 5.32 Å². The van der Waals surface area contributed by atoms with Crippen LogP contribution in [0.25, 0.3) is 0 Å². The Morgan fingerprint density at radius 1 is 1.32 bits per heavy atom. The summed E-state index contributed by atoms with van der Waals surface area (Å²) in [7, 11) is 0. The zero-order valence-corrected chi connectivity index (χ0v) is 12.6. The van der Waals surface area contributed by atoms with Crippen LogP contribution in [0, 0.1) is 6.92 Å². The Labute approximate surface area is 122 Å². The molecule has 0 saturated heterocycles. The summed E-state index contributed by atoms with van der Waals surface area (Å²) in [5, 5.41) is 3.63. The molecule has 0 fully saturated rings. The first-order chi connectivity index (χ1) is 9.10. The van der Waals surface area contributed by atoms with Gasteiger partial charge in [0.1, 0.15) is 0 Å². The van der Waals surface area contributed by atoms with Gasteiger partial charge in [-0.1, -0.05) is 30.7 Å². The van der Waals surface area contributed by atoms with Crippen molar-refractivity contribution in [2.45, 2.75) is 26.8 Å². The lowest BCUT2D eigenvalue weighted by atomic mass is 10.2. The Morgan fingerprint density at radius 2 is 2.00 bits per heavy atom. The van der Waals surface area contributed by atoms with Gasteiger partial charge >= 0.3 is 0 Å². The van der Waals surface area contributed by atoms with Crippen LogP contribution in [0.2, 0.25) is 5.02 Å². The minimum absolute atomic E-state index is 0.0113. The quantitative estimate of drug-likeness (QED) is 0.899. The van der Waals surface area contributed by atoms with Crippen LogP contribution in [0.1, 0.15) is 32.6 Å². The second-order valence-corrected chi connectivity index (χ2v) is 5.95. The predicted molar refractivity (Wildman–Crippen MR) is 81.1 cm³/mol. The highest BCUT2D eigenvalue weighted by Crippen LogP contribution is 2.22. The summed E-state index contributed by atoms with van der Waals surface area (Å²) in [6, 6.07) is 9.45. The number of hydrogen-bond acceptors (Lipinski definition) is 2. The molecule has 0 aliphatic rings. The van der Waals surface area contributed by atoms with Gasteiger partial charge in [-0.3, -0.25) is 4.79 Å². The molecule has 0 saturated carbocycles. The molecule has 0 atom stereocenters. The Balaban J connectivity index is 1.99. The number of nitrogens with one attached hydrogen (secondary N) is 1. The van der Waals surface area contributed by atoms with Crippen molar-refractivity contribution in [1.82, 2.24) is 5.32 Å². The minimum Gasteiger partial charge on any atom is -0.347 e. The zero-order chi connectivity index (χ0) is 13.8. The molecular weight excluding hydrogens is 278 g/mol. The molecule has 2 aromatic rings. The van der Waals surface area contributed by atoms with Gasteiger partial charge in [-0.05, 0) is 42.7 Å². The summed E-state index contributed by atoms with van der Waals surface area (Å²) in [6.45, 7) is 4.67. The van der Waals surface area contributed by atoms with E-state index in [1.54, 1.807) is 11.3 Å². The lowest BCUT2D eigenvalue weighted by Gasteiger charge is -2.03. The fourth-order valence-corrected chi connectivity index (χ4v) is 3.01. The van der Waals surface area contributed by atoms with Gasteiger partial charge in [0.2, 0.25) is 0 Å². The Morgan fingerprint density at radius 3 is 2.58 bits per heavy atom. The van der Waals surface area contributed by atoms with E-state index >= 15 is 0 Å². The molecule has 100 valence electrons. The fraction of sp³-hybridized carbons (Fsp3) is 0.267. The van der Waals surface area contributed by atoms with Gasteiger partial charge in [0, 0.05) is 16.4 Å². The first kappa shape index (κ1) is 14.1. The normalized spacial score (nSPS) is 10.5. The van der Waals surface area contributed by atoms with E-state index in [1.807, 2.05) is 37.3 Å². The maximum absolute atomic E-state index is 12.0. The van der Waals surface area contributed by atoms with Gasteiger partial charge in [-0.25, -0.2) is 0 Å². The molecule has 0 unspecified atom stereocenters. The number of aryl methyl sites for hydroxylation is 2. The summed E-state index contributed by atoms with van der Waals surface area (Å²) in [5.41, 5.74) is 2.24. The monoisotopic (exact) mass is 293 g/mol. The molecule has 0 aliphatic heterocycles. The largest absolute Gasteiger partial charge is 0.347 e. The zero-order valence-electron chi connectivity index (χ0n) is 11.0. The van der Waals surface area contributed by atoms with Crippen LogP contribution in [-0.2, 0) is 13.0 Å². The molecule has 1 N–H and O–H groups in total. The van der Waals surface area contributed by atoms with E-state index in [0.717, 1.165) is 16.9 Å². The smallest absolute Gasteiger partial charge is 0.261 e. The van der Waals surface area contributed by atoms with Gasteiger partial charge in [-0.15, -0.1) is 11.3 Å². The third-order valence-corrected chi connectivity index (χ3v) is 4.56. The number of halogens is 1. The second kappa shape index (κ2) is 6.22. The lowest BCUT2D eigenvalue weighted by Crippen LogP contribution is -2.21. The highest BCUT2D eigenvalue weighted by molar-refractivity contribution is 7.14. The maximum atomic E-state index is 12.0. The third kappa shape index (κ3) is 3.58. The van der Waals surface area contributed by atoms with Crippen LogP contribution in [0.4, 0.5) is 0 Å². The van der Waals surface area contributed by atoms with Gasteiger partial charge in [0.15, 0.2) is 0 Å². The predicted octanol–water partition coefficient (Wildman–Crippen LogP) is 4.20. The molecule has 2 nitrogen and oxygen atoms in total. The van der Waals surface area contributed by atoms with E-state index < -0.39 is 0 Å². The topological polar surface area (TPSA) is 29.1 Å². The van der Waals surface area contributed by atoms with E-state index in [9.17, 15) is 4.79 Å². The second-order valence-electron chi connectivity index (χ2n) is 4.38. The molecule has 0 spiro atoms. The molecule has 19 heavy (non-hydrogen) atoms. The van der Waals surface area contributed by atoms with Crippen LogP contribution in [-0.4, -0.2) is 5.91 Å². The number of carbonyl (C=O) groups is 1. The van der Waals surface area contributed by atoms with Gasteiger partial charge in [0.05, 0.1) is 4.88 Å². The molecular formula is C15H16ClNOS. The molecule has 2 rings (SSSR count). The van der Waals surface area contributed by atoms with Crippen molar-refractivity contribution in [3.05, 3.63) is 56.2 Å². The van der Waals surface area contributed by atoms with E-state index in [0.29, 0.717) is 11.6 Å². The Kier molecular flexibility index (Phi) is 4.61. The highest BCUT2D eigenvalue weighted by Gasteiger charge is 2.11. The first-order valence-electron chi connectivity index (χ1n) is 6.22. The molecule has 4 heteroatoms. The number of amides is 1. The van der Waals surface area contributed by atoms with Crippen molar-refractivity contribution < 1.29 is 4.79 Å². The average Bonchev–Trinajstić information content (AvgIpc) is 2.79. The van der Waals surface area contributed by atoms with Crippen molar-refractivity contribution in [2.75, 3.05) is 0 Å². The summed E-state index contributed by atoms with van der Waals surface area (Å²) in [6.07, 6.45) is 0.973. The number of rotatable bonds is 4. The van der Waals surface area contributed by atoms with Crippen molar-refractivity contribution in [3.63, 3.8) is 0 Å². The molecule has 0 radical (unpaired) electrons. The van der Waals surface area contributed by atoms with Crippen molar-refractivity contribution in [1.29, 1.82) is 0 Å². The number of thiophene rings is 1.